The van der Waals surface area contributed by atoms with Gasteiger partial charge < -0.3 is 0 Å². The molecule has 0 aromatic heterocycles. The number of benzene rings is 1. The zero-order chi connectivity index (χ0) is 15.0. The Morgan fingerprint density at radius 2 is 2.05 bits per heavy atom. The molecule has 0 saturated heterocycles. The van der Waals surface area contributed by atoms with Gasteiger partial charge in [0.05, 0.1) is 12.3 Å². The summed E-state index contributed by atoms with van der Waals surface area (Å²) in [5.74, 6) is 0.563. The van der Waals surface area contributed by atoms with Crippen molar-refractivity contribution in [3.8, 4) is 0 Å². The van der Waals surface area contributed by atoms with E-state index in [-0.39, 0.29) is 5.75 Å². The molecule has 21 heavy (non-hydrogen) atoms. The predicted molar refractivity (Wildman–Crippen MR) is 90.7 cm³/mol. The second-order valence-electron chi connectivity index (χ2n) is 4.24. The molecule has 0 bridgehead atoms. The topological polar surface area (TPSA) is 62.1 Å². The molecule has 2 aliphatic rings. The molecule has 10 heteroatoms. The molecule has 5 nitrogen and oxygen atoms in total. The van der Waals surface area contributed by atoms with Crippen LogP contribution in [0.3, 0.4) is 0 Å². The standard InChI is InChI=1S/C11H9Cl2N3O2S3/c12-8-2-1-3-9(13)7(8)6-19-11-14-16-4-5-21(17,18)15-10(16)20-11/h1-3H,4-6H2. The fourth-order valence-electron chi connectivity index (χ4n) is 1.73. The molecule has 2 aliphatic heterocycles. The van der Waals surface area contributed by atoms with Crippen LogP contribution in [0.15, 0.2) is 27.7 Å². The molecule has 0 fully saturated rings. The SMILES string of the molecule is O=S1(=O)CCN2N=C(SCc3c(Cl)cccc3Cl)SC2=N1. The Balaban J connectivity index is 1.71. The second-order valence-corrected chi connectivity index (χ2v) is 8.99. The molecule has 0 spiro atoms. The van der Waals surface area contributed by atoms with Crippen LogP contribution in [0.4, 0.5) is 0 Å². The van der Waals surface area contributed by atoms with E-state index in [0.29, 0.717) is 27.5 Å². The number of hydrogen-bond acceptors (Lipinski definition) is 6. The molecule has 1 aromatic rings. The van der Waals surface area contributed by atoms with E-state index in [1.54, 1.807) is 23.2 Å². The van der Waals surface area contributed by atoms with E-state index in [1.807, 2.05) is 0 Å². The molecule has 0 atom stereocenters. The fraction of sp³-hybridized carbons (Fsp3) is 0.273. The molecule has 0 N–H and O–H groups in total. The van der Waals surface area contributed by atoms with Crippen LogP contribution >= 0.6 is 46.7 Å². The molecular formula is C11H9Cl2N3O2S3. The smallest absolute Gasteiger partial charge is 0.239 e. The average molecular weight is 382 g/mol. The first-order valence-corrected chi connectivity index (χ1v) is 10.0. The highest BCUT2D eigenvalue weighted by Gasteiger charge is 2.31. The molecule has 0 saturated carbocycles. The third-order valence-corrected chi connectivity index (χ3v) is 6.86. The summed E-state index contributed by atoms with van der Waals surface area (Å²) in [5.41, 5.74) is 0.841. The van der Waals surface area contributed by atoms with Crippen LogP contribution in [0.5, 0.6) is 0 Å². The third-order valence-electron chi connectivity index (χ3n) is 2.78. The molecule has 0 radical (unpaired) electrons. The second kappa shape index (κ2) is 6.00. The molecule has 0 aliphatic carbocycles. The maximum atomic E-state index is 11.4. The highest BCUT2D eigenvalue weighted by molar-refractivity contribution is 8.45. The number of rotatable bonds is 2. The molecule has 1 aromatic carbocycles. The summed E-state index contributed by atoms with van der Waals surface area (Å²) in [6.45, 7) is 0.338. The zero-order valence-corrected chi connectivity index (χ0v) is 14.5. The lowest BCUT2D eigenvalue weighted by Gasteiger charge is -2.16. The summed E-state index contributed by atoms with van der Waals surface area (Å²) in [4.78, 5) is 0. The minimum absolute atomic E-state index is 0.00511. The monoisotopic (exact) mass is 381 g/mol. The van der Waals surface area contributed by atoms with Crippen molar-refractivity contribution in [2.45, 2.75) is 5.75 Å². The van der Waals surface area contributed by atoms with Crippen LogP contribution in [-0.2, 0) is 15.8 Å². The van der Waals surface area contributed by atoms with Crippen LogP contribution in [0.2, 0.25) is 10.0 Å². The van der Waals surface area contributed by atoms with Gasteiger partial charge in [-0.25, -0.2) is 13.4 Å². The summed E-state index contributed by atoms with van der Waals surface area (Å²) in [7, 11) is -3.34. The van der Waals surface area contributed by atoms with E-state index in [1.165, 1.54) is 23.5 Å². The summed E-state index contributed by atoms with van der Waals surface area (Å²) in [6.07, 6.45) is 0. The quantitative estimate of drug-likeness (QED) is 0.786. The molecule has 3 rings (SSSR count). The van der Waals surface area contributed by atoms with Crippen molar-refractivity contribution < 1.29 is 8.42 Å². The Kier molecular flexibility index (Phi) is 4.42. The maximum absolute atomic E-state index is 11.4. The van der Waals surface area contributed by atoms with Crippen LogP contribution in [0.25, 0.3) is 0 Å². The van der Waals surface area contributed by atoms with E-state index >= 15 is 0 Å². The van der Waals surface area contributed by atoms with Crippen molar-refractivity contribution in [3.05, 3.63) is 33.8 Å². The van der Waals surface area contributed by atoms with Crippen molar-refractivity contribution in [2.24, 2.45) is 9.50 Å². The van der Waals surface area contributed by atoms with Crippen molar-refractivity contribution in [2.75, 3.05) is 12.3 Å². The van der Waals surface area contributed by atoms with Crippen LogP contribution in [0, 0.1) is 0 Å². The van der Waals surface area contributed by atoms with E-state index < -0.39 is 10.0 Å². The summed E-state index contributed by atoms with van der Waals surface area (Å²) >= 11 is 14.9. The van der Waals surface area contributed by atoms with Gasteiger partial charge in [-0.05, 0) is 29.5 Å². The average Bonchev–Trinajstić information content (AvgIpc) is 2.78. The fourth-order valence-corrected chi connectivity index (χ4v) is 5.64. The molecule has 2 heterocycles. The predicted octanol–water partition coefficient (Wildman–Crippen LogP) is 3.25. The highest BCUT2D eigenvalue weighted by atomic mass is 35.5. The normalized spacial score (nSPS) is 20.0. The Bertz CT molecular complexity index is 729. The van der Waals surface area contributed by atoms with Gasteiger partial charge in [0.2, 0.25) is 5.17 Å². The highest BCUT2D eigenvalue weighted by Crippen LogP contribution is 2.35. The number of thioether (sulfide) groups is 2. The first-order chi connectivity index (χ1) is 9.94. The Hall–Kier alpha value is -0.410. The minimum atomic E-state index is -3.34. The molecule has 0 amide bonds. The van der Waals surface area contributed by atoms with Crippen molar-refractivity contribution in [1.29, 1.82) is 0 Å². The van der Waals surface area contributed by atoms with Gasteiger partial charge in [-0.15, -0.1) is 4.40 Å². The van der Waals surface area contributed by atoms with Gasteiger partial charge in [0, 0.05) is 15.8 Å². The van der Waals surface area contributed by atoms with E-state index in [0.717, 1.165) is 9.94 Å². The van der Waals surface area contributed by atoms with Gasteiger partial charge in [-0.1, -0.05) is 41.0 Å². The molecular weight excluding hydrogens is 373 g/mol. The van der Waals surface area contributed by atoms with Crippen molar-refractivity contribution >= 4 is 66.3 Å². The minimum Gasteiger partial charge on any atom is -0.239 e. The largest absolute Gasteiger partial charge is 0.257 e. The van der Waals surface area contributed by atoms with Gasteiger partial charge >= 0.3 is 0 Å². The van der Waals surface area contributed by atoms with Gasteiger partial charge in [0.15, 0.2) is 4.38 Å². The zero-order valence-electron chi connectivity index (χ0n) is 10.5. The summed E-state index contributed by atoms with van der Waals surface area (Å²) in [5, 5.41) is 7.58. The van der Waals surface area contributed by atoms with Crippen molar-refractivity contribution in [1.82, 2.24) is 5.01 Å². The number of amidine groups is 1. The van der Waals surface area contributed by atoms with Crippen molar-refractivity contribution in [3.63, 3.8) is 0 Å². The first-order valence-electron chi connectivity index (χ1n) is 5.87. The summed E-state index contributed by atoms with van der Waals surface area (Å²) in [6, 6.07) is 5.36. The Morgan fingerprint density at radius 3 is 2.76 bits per heavy atom. The number of halogens is 2. The summed E-state index contributed by atoms with van der Waals surface area (Å²) < 4.78 is 27.3. The Labute approximate surface area is 140 Å². The van der Waals surface area contributed by atoms with E-state index in [4.69, 9.17) is 23.2 Å². The maximum Gasteiger partial charge on any atom is 0.257 e. The first kappa shape index (κ1) is 15.5. The number of sulfonamides is 1. The van der Waals surface area contributed by atoms with Crippen LogP contribution < -0.4 is 0 Å². The molecule has 112 valence electrons. The lowest BCUT2D eigenvalue weighted by Crippen LogP contribution is -2.31. The number of fused-ring (bicyclic) bond motifs is 1. The molecule has 0 unspecified atom stereocenters. The number of nitrogens with zero attached hydrogens (tertiary/aromatic N) is 3. The van der Waals surface area contributed by atoms with Gasteiger partial charge in [0.1, 0.15) is 0 Å². The third kappa shape index (κ3) is 3.50. The van der Waals surface area contributed by atoms with E-state index in [2.05, 4.69) is 9.50 Å². The van der Waals surface area contributed by atoms with Gasteiger partial charge in [-0.3, -0.25) is 0 Å². The number of hydrogen-bond donors (Lipinski definition) is 0. The van der Waals surface area contributed by atoms with Gasteiger partial charge in [-0.2, -0.15) is 5.10 Å². The van der Waals surface area contributed by atoms with Crippen LogP contribution in [-0.4, -0.2) is 35.3 Å². The van der Waals surface area contributed by atoms with Gasteiger partial charge in [0.25, 0.3) is 10.0 Å². The lowest BCUT2D eigenvalue weighted by molar-refractivity contribution is 0.474. The van der Waals surface area contributed by atoms with Crippen LogP contribution in [0.1, 0.15) is 5.56 Å². The Morgan fingerprint density at radius 1 is 1.33 bits per heavy atom. The number of hydrazone groups is 1. The lowest BCUT2D eigenvalue weighted by atomic mass is 10.2. The van der Waals surface area contributed by atoms with E-state index in [9.17, 15) is 8.42 Å².